The molecule has 132 valence electrons. The van der Waals surface area contributed by atoms with E-state index in [4.69, 9.17) is 5.73 Å². The Morgan fingerprint density at radius 1 is 1.09 bits per heavy atom. The van der Waals surface area contributed by atoms with E-state index in [-0.39, 0.29) is 29.3 Å². The van der Waals surface area contributed by atoms with E-state index >= 15 is 0 Å². The molecule has 2 aliphatic heterocycles. The molecule has 2 atom stereocenters. The van der Waals surface area contributed by atoms with Crippen molar-refractivity contribution in [1.29, 1.82) is 0 Å². The average molecular weight is 324 g/mol. The summed E-state index contributed by atoms with van der Waals surface area (Å²) in [5.41, 5.74) is 6.05. The molecular formula is C17H32N4O2. The molecule has 23 heavy (non-hydrogen) atoms. The largest absolute Gasteiger partial charge is 0.339 e. The number of nitrogens with zero attached hydrogens (tertiary/aromatic N) is 3. The number of nitrogens with two attached hydrogens (primary N) is 1. The summed E-state index contributed by atoms with van der Waals surface area (Å²) in [7, 11) is 2.02. The molecule has 6 heteroatoms. The lowest BCUT2D eigenvalue weighted by atomic mass is 9.85. The zero-order valence-electron chi connectivity index (χ0n) is 15.0. The number of carbonyl (C=O) groups is 2. The molecule has 0 aromatic rings. The first-order valence-corrected chi connectivity index (χ1v) is 8.72. The second-order valence-electron chi connectivity index (χ2n) is 8.02. The first kappa shape index (κ1) is 18.2. The van der Waals surface area contributed by atoms with Crippen LogP contribution in [0, 0.1) is 5.41 Å². The summed E-state index contributed by atoms with van der Waals surface area (Å²) in [6.07, 6.45) is 2.42. The second kappa shape index (κ2) is 7.18. The SMILES string of the molecule is CN1CCCC1C(=O)N1CCN(C(=O)CC(N)C(C)(C)C)CC1. The molecule has 2 aliphatic rings. The summed E-state index contributed by atoms with van der Waals surface area (Å²) in [6.45, 7) is 9.69. The number of hydrogen-bond acceptors (Lipinski definition) is 4. The summed E-state index contributed by atoms with van der Waals surface area (Å²) in [5.74, 6) is 0.334. The van der Waals surface area contributed by atoms with Gasteiger partial charge in [0.2, 0.25) is 11.8 Å². The lowest BCUT2D eigenvalue weighted by molar-refractivity contribution is -0.142. The van der Waals surface area contributed by atoms with Gasteiger partial charge < -0.3 is 15.5 Å². The number of rotatable bonds is 3. The van der Waals surface area contributed by atoms with Gasteiger partial charge in [-0.05, 0) is 31.8 Å². The zero-order valence-corrected chi connectivity index (χ0v) is 15.0. The van der Waals surface area contributed by atoms with Crippen molar-refractivity contribution in [1.82, 2.24) is 14.7 Å². The van der Waals surface area contributed by atoms with Crippen LogP contribution in [0.3, 0.4) is 0 Å². The third-order valence-corrected chi connectivity index (χ3v) is 5.26. The van der Waals surface area contributed by atoms with Crippen molar-refractivity contribution in [3.8, 4) is 0 Å². The van der Waals surface area contributed by atoms with Gasteiger partial charge in [-0.15, -0.1) is 0 Å². The van der Waals surface area contributed by atoms with Gasteiger partial charge in [0.15, 0.2) is 0 Å². The van der Waals surface area contributed by atoms with Gasteiger partial charge in [-0.2, -0.15) is 0 Å². The molecule has 2 rings (SSSR count). The van der Waals surface area contributed by atoms with Crippen LogP contribution >= 0.6 is 0 Å². The molecule has 0 spiro atoms. The molecule has 2 amide bonds. The standard InChI is InChI=1S/C17H32N4O2/c1-17(2,3)14(18)12-15(22)20-8-10-21(11-9-20)16(23)13-6-5-7-19(13)4/h13-14H,5-12,18H2,1-4H3. The highest BCUT2D eigenvalue weighted by molar-refractivity contribution is 5.83. The minimum atomic E-state index is -0.137. The van der Waals surface area contributed by atoms with Crippen LogP contribution in [-0.4, -0.2) is 78.4 Å². The van der Waals surface area contributed by atoms with Crippen molar-refractivity contribution in [2.75, 3.05) is 39.8 Å². The fourth-order valence-corrected chi connectivity index (χ4v) is 3.23. The lowest BCUT2D eigenvalue weighted by Gasteiger charge is -2.38. The van der Waals surface area contributed by atoms with Crippen LogP contribution in [0.25, 0.3) is 0 Å². The monoisotopic (exact) mass is 324 g/mol. The van der Waals surface area contributed by atoms with Crippen LogP contribution in [0.2, 0.25) is 0 Å². The van der Waals surface area contributed by atoms with Crippen LogP contribution < -0.4 is 5.73 Å². The maximum atomic E-state index is 12.6. The summed E-state index contributed by atoms with van der Waals surface area (Å²) >= 11 is 0. The van der Waals surface area contributed by atoms with Crippen molar-refractivity contribution in [3.63, 3.8) is 0 Å². The second-order valence-corrected chi connectivity index (χ2v) is 8.02. The maximum Gasteiger partial charge on any atom is 0.240 e. The average Bonchev–Trinajstić information content (AvgIpc) is 2.91. The molecule has 6 nitrogen and oxygen atoms in total. The number of likely N-dealkylation sites (N-methyl/N-ethyl adjacent to an activating group) is 1. The summed E-state index contributed by atoms with van der Waals surface area (Å²) < 4.78 is 0. The van der Waals surface area contributed by atoms with Crippen molar-refractivity contribution in [2.24, 2.45) is 11.1 Å². The molecule has 2 unspecified atom stereocenters. The van der Waals surface area contributed by atoms with Gasteiger partial charge in [-0.3, -0.25) is 14.5 Å². The van der Waals surface area contributed by atoms with E-state index in [2.05, 4.69) is 25.7 Å². The van der Waals surface area contributed by atoms with Gasteiger partial charge in [0, 0.05) is 38.6 Å². The predicted molar refractivity (Wildman–Crippen MR) is 90.9 cm³/mol. The topological polar surface area (TPSA) is 69.9 Å². The van der Waals surface area contributed by atoms with Gasteiger partial charge in [-0.1, -0.05) is 20.8 Å². The molecule has 0 radical (unpaired) electrons. The maximum absolute atomic E-state index is 12.6. The highest BCUT2D eigenvalue weighted by Crippen LogP contribution is 2.21. The van der Waals surface area contributed by atoms with E-state index < -0.39 is 0 Å². The smallest absolute Gasteiger partial charge is 0.240 e. The fraction of sp³-hybridized carbons (Fsp3) is 0.882. The molecule has 2 saturated heterocycles. The molecule has 0 bridgehead atoms. The fourth-order valence-electron chi connectivity index (χ4n) is 3.23. The Morgan fingerprint density at radius 3 is 2.13 bits per heavy atom. The first-order valence-electron chi connectivity index (χ1n) is 8.72. The van der Waals surface area contributed by atoms with Crippen LogP contribution in [0.4, 0.5) is 0 Å². The van der Waals surface area contributed by atoms with Crippen LogP contribution in [0.5, 0.6) is 0 Å². The predicted octanol–water partition coefficient (Wildman–Crippen LogP) is 0.515. The molecule has 2 heterocycles. The van der Waals surface area contributed by atoms with Crippen LogP contribution in [0.1, 0.15) is 40.0 Å². The Balaban J connectivity index is 1.81. The molecular weight excluding hydrogens is 292 g/mol. The van der Waals surface area contributed by atoms with Crippen molar-refractivity contribution < 1.29 is 9.59 Å². The number of likely N-dealkylation sites (tertiary alicyclic amines) is 1. The third kappa shape index (κ3) is 4.44. The highest BCUT2D eigenvalue weighted by atomic mass is 16.2. The summed E-state index contributed by atoms with van der Waals surface area (Å²) in [5, 5.41) is 0. The molecule has 2 fully saturated rings. The minimum absolute atomic E-state index is 0.0339. The van der Waals surface area contributed by atoms with Crippen molar-refractivity contribution in [2.45, 2.75) is 52.1 Å². The van der Waals surface area contributed by atoms with Crippen molar-refractivity contribution in [3.05, 3.63) is 0 Å². The Bertz CT molecular complexity index is 438. The molecule has 0 aromatic carbocycles. The number of piperazine rings is 1. The van der Waals surface area contributed by atoms with E-state index in [0.29, 0.717) is 32.6 Å². The molecule has 0 aromatic heterocycles. The lowest BCUT2D eigenvalue weighted by Crippen LogP contribution is -2.55. The van der Waals surface area contributed by atoms with E-state index in [9.17, 15) is 9.59 Å². The molecule has 0 saturated carbocycles. The Kier molecular flexibility index (Phi) is 5.68. The van der Waals surface area contributed by atoms with E-state index in [0.717, 1.165) is 19.4 Å². The number of amides is 2. The Hall–Kier alpha value is -1.14. The van der Waals surface area contributed by atoms with Gasteiger partial charge in [0.05, 0.1) is 6.04 Å². The number of hydrogen-bond donors (Lipinski definition) is 1. The molecule has 0 aliphatic carbocycles. The van der Waals surface area contributed by atoms with E-state index in [1.165, 1.54) is 0 Å². The van der Waals surface area contributed by atoms with Gasteiger partial charge >= 0.3 is 0 Å². The molecule has 2 N–H and O–H groups in total. The Labute approximate surface area is 140 Å². The summed E-state index contributed by atoms with van der Waals surface area (Å²) in [6, 6.07) is -0.103. The third-order valence-electron chi connectivity index (χ3n) is 5.26. The quantitative estimate of drug-likeness (QED) is 0.821. The Morgan fingerprint density at radius 2 is 1.65 bits per heavy atom. The first-order chi connectivity index (χ1) is 10.7. The van der Waals surface area contributed by atoms with E-state index in [1.54, 1.807) is 0 Å². The van der Waals surface area contributed by atoms with Gasteiger partial charge in [-0.25, -0.2) is 0 Å². The zero-order chi connectivity index (χ0) is 17.2. The van der Waals surface area contributed by atoms with E-state index in [1.807, 2.05) is 16.8 Å². The highest BCUT2D eigenvalue weighted by Gasteiger charge is 2.34. The van der Waals surface area contributed by atoms with Gasteiger partial charge in [0.1, 0.15) is 0 Å². The minimum Gasteiger partial charge on any atom is -0.339 e. The van der Waals surface area contributed by atoms with Gasteiger partial charge in [0.25, 0.3) is 0 Å². The van der Waals surface area contributed by atoms with Crippen molar-refractivity contribution >= 4 is 11.8 Å². The summed E-state index contributed by atoms with van der Waals surface area (Å²) in [4.78, 5) is 30.8. The van der Waals surface area contributed by atoms with Crippen LogP contribution in [0.15, 0.2) is 0 Å². The normalized spacial score (nSPS) is 24.8. The van der Waals surface area contributed by atoms with Crippen LogP contribution in [-0.2, 0) is 9.59 Å². The number of carbonyl (C=O) groups excluding carboxylic acids is 2.